The summed E-state index contributed by atoms with van der Waals surface area (Å²) in [6.45, 7) is 4.34. The second-order valence-corrected chi connectivity index (χ2v) is 8.67. The minimum absolute atomic E-state index is 0.0884. The summed E-state index contributed by atoms with van der Waals surface area (Å²) in [6, 6.07) is 0. The quantitative estimate of drug-likeness (QED) is 0.577. The van der Waals surface area contributed by atoms with E-state index in [2.05, 4.69) is 19.1 Å². The molecule has 4 aliphatic carbocycles. The molecule has 21 heavy (non-hydrogen) atoms. The Labute approximate surface area is 128 Å². The van der Waals surface area contributed by atoms with Gasteiger partial charge >= 0.3 is 0 Å². The van der Waals surface area contributed by atoms with Crippen molar-refractivity contribution in [3.63, 3.8) is 0 Å². The van der Waals surface area contributed by atoms with Crippen LogP contribution in [0.4, 0.5) is 0 Å². The first-order chi connectivity index (χ1) is 10.2. The van der Waals surface area contributed by atoms with E-state index in [4.69, 9.17) is 9.47 Å². The average molecular weight is 288 g/mol. The maximum atomic E-state index is 6.21. The zero-order valence-electron chi connectivity index (χ0n) is 13.2. The largest absolute Gasteiger partial charge is 0.353 e. The average Bonchev–Trinajstić information content (AvgIpc) is 3.24. The van der Waals surface area contributed by atoms with E-state index in [1.54, 1.807) is 0 Å². The summed E-state index contributed by atoms with van der Waals surface area (Å²) >= 11 is 0. The van der Waals surface area contributed by atoms with Gasteiger partial charge in [0.15, 0.2) is 6.29 Å². The summed E-state index contributed by atoms with van der Waals surface area (Å²) in [5.41, 5.74) is 0.422. The van der Waals surface area contributed by atoms with Gasteiger partial charge in [-0.3, -0.25) is 0 Å². The Hall–Kier alpha value is -0.340. The van der Waals surface area contributed by atoms with E-state index in [0.717, 1.165) is 55.1 Å². The lowest BCUT2D eigenvalue weighted by Gasteiger charge is -2.44. The van der Waals surface area contributed by atoms with Crippen molar-refractivity contribution < 1.29 is 9.47 Å². The Bertz CT molecular complexity index is 452. The molecule has 0 spiro atoms. The van der Waals surface area contributed by atoms with E-state index in [1.807, 2.05) is 0 Å². The zero-order chi connectivity index (χ0) is 14.0. The molecule has 4 bridgehead atoms. The maximum absolute atomic E-state index is 6.21. The van der Waals surface area contributed by atoms with Crippen LogP contribution >= 0.6 is 0 Å². The van der Waals surface area contributed by atoms with Gasteiger partial charge in [0.1, 0.15) is 0 Å². The van der Waals surface area contributed by atoms with E-state index in [1.165, 1.54) is 32.1 Å². The van der Waals surface area contributed by atoms with Crippen molar-refractivity contribution in [2.75, 3.05) is 13.2 Å². The molecular formula is C19H28O2. The van der Waals surface area contributed by atoms with Gasteiger partial charge in [-0.25, -0.2) is 0 Å². The van der Waals surface area contributed by atoms with Crippen LogP contribution in [0.3, 0.4) is 0 Å². The molecule has 0 N–H and O–H groups in total. The molecule has 0 aromatic heterocycles. The van der Waals surface area contributed by atoms with Crippen molar-refractivity contribution in [1.29, 1.82) is 0 Å². The van der Waals surface area contributed by atoms with Crippen LogP contribution in [0, 0.1) is 40.9 Å². The van der Waals surface area contributed by atoms with Crippen molar-refractivity contribution in [3.8, 4) is 0 Å². The number of rotatable bonds is 3. The van der Waals surface area contributed by atoms with Crippen molar-refractivity contribution in [2.45, 2.75) is 51.7 Å². The molecule has 2 heteroatoms. The lowest BCUT2D eigenvalue weighted by molar-refractivity contribution is -0.185. The van der Waals surface area contributed by atoms with Crippen LogP contribution in [0.1, 0.15) is 45.4 Å². The van der Waals surface area contributed by atoms with Crippen molar-refractivity contribution >= 4 is 0 Å². The highest BCUT2D eigenvalue weighted by molar-refractivity contribution is 5.22. The van der Waals surface area contributed by atoms with Crippen LogP contribution < -0.4 is 0 Å². The maximum Gasteiger partial charge on any atom is 0.157 e. The molecule has 0 aromatic rings. The SMILES string of the molecule is CC1(COC2CCCCO2)CC2CC1C1C3C=CC(C3)C21. The molecule has 1 saturated heterocycles. The van der Waals surface area contributed by atoms with Crippen molar-refractivity contribution in [1.82, 2.24) is 0 Å². The van der Waals surface area contributed by atoms with Gasteiger partial charge in [0, 0.05) is 6.61 Å². The first kappa shape index (κ1) is 13.1. The van der Waals surface area contributed by atoms with E-state index >= 15 is 0 Å². The second-order valence-electron chi connectivity index (χ2n) is 8.67. The van der Waals surface area contributed by atoms with Crippen LogP contribution in [0.25, 0.3) is 0 Å². The normalized spacial score (nSPS) is 57.1. The third-order valence-electron chi connectivity index (χ3n) is 7.51. The lowest BCUT2D eigenvalue weighted by Crippen LogP contribution is -2.41. The Balaban J connectivity index is 1.29. The molecule has 2 nitrogen and oxygen atoms in total. The predicted molar refractivity (Wildman–Crippen MR) is 81.6 cm³/mol. The molecule has 1 aliphatic heterocycles. The van der Waals surface area contributed by atoms with Crippen LogP contribution in [0.2, 0.25) is 0 Å². The molecular weight excluding hydrogens is 260 g/mol. The third-order valence-corrected chi connectivity index (χ3v) is 7.51. The number of hydrogen-bond acceptors (Lipinski definition) is 2. The fraction of sp³-hybridized carbons (Fsp3) is 0.895. The molecule has 5 rings (SSSR count). The van der Waals surface area contributed by atoms with Gasteiger partial charge < -0.3 is 9.47 Å². The topological polar surface area (TPSA) is 18.5 Å². The molecule has 0 amide bonds. The number of allylic oxidation sites excluding steroid dienone is 2. The molecule has 1 heterocycles. The predicted octanol–water partition coefficient (Wildman–Crippen LogP) is 4.01. The van der Waals surface area contributed by atoms with Crippen molar-refractivity contribution in [3.05, 3.63) is 12.2 Å². The summed E-state index contributed by atoms with van der Waals surface area (Å²) in [4.78, 5) is 0. The van der Waals surface area contributed by atoms with Gasteiger partial charge in [-0.2, -0.15) is 0 Å². The van der Waals surface area contributed by atoms with Gasteiger partial charge in [-0.15, -0.1) is 0 Å². The highest BCUT2D eigenvalue weighted by Gasteiger charge is 2.64. The van der Waals surface area contributed by atoms with Gasteiger partial charge in [0.2, 0.25) is 0 Å². The Morgan fingerprint density at radius 3 is 2.81 bits per heavy atom. The third kappa shape index (κ3) is 1.84. The molecule has 8 atom stereocenters. The first-order valence-corrected chi connectivity index (χ1v) is 9.16. The molecule has 3 saturated carbocycles. The van der Waals surface area contributed by atoms with Crippen LogP contribution in [0.15, 0.2) is 12.2 Å². The Morgan fingerprint density at radius 2 is 2.00 bits per heavy atom. The van der Waals surface area contributed by atoms with Gasteiger partial charge in [-0.05, 0) is 79.4 Å². The number of fused-ring (bicyclic) bond motifs is 9. The minimum Gasteiger partial charge on any atom is -0.353 e. The molecule has 4 fully saturated rings. The van der Waals surface area contributed by atoms with E-state index in [0.29, 0.717) is 5.41 Å². The van der Waals surface area contributed by atoms with E-state index < -0.39 is 0 Å². The first-order valence-electron chi connectivity index (χ1n) is 9.16. The van der Waals surface area contributed by atoms with E-state index in [9.17, 15) is 0 Å². The fourth-order valence-corrected chi connectivity index (χ4v) is 6.78. The van der Waals surface area contributed by atoms with E-state index in [-0.39, 0.29) is 6.29 Å². The smallest absolute Gasteiger partial charge is 0.157 e. The Kier molecular flexibility index (Phi) is 2.86. The molecule has 0 aromatic carbocycles. The highest BCUT2D eigenvalue weighted by atomic mass is 16.7. The lowest BCUT2D eigenvalue weighted by atomic mass is 9.63. The summed E-state index contributed by atoms with van der Waals surface area (Å²) in [7, 11) is 0. The Morgan fingerprint density at radius 1 is 1.14 bits per heavy atom. The van der Waals surface area contributed by atoms with Gasteiger partial charge in [-0.1, -0.05) is 19.1 Å². The number of ether oxygens (including phenoxy) is 2. The van der Waals surface area contributed by atoms with Gasteiger partial charge in [0.05, 0.1) is 6.61 Å². The van der Waals surface area contributed by atoms with Crippen LogP contribution in [-0.2, 0) is 9.47 Å². The summed E-state index contributed by atoms with van der Waals surface area (Å²) in [5.74, 6) is 5.75. The molecule has 0 radical (unpaired) electrons. The minimum atomic E-state index is 0.0884. The summed E-state index contributed by atoms with van der Waals surface area (Å²) in [5, 5.41) is 0. The summed E-state index contributed by atoms with van der Waals surface area (Å²) < 4.78 is 12.0. The fourth-order valence-electron chi connectivity index (χ4n) is 6.78. The van der Waals surface area contributed by atoms with Crippen LogP contribution in [0.5, 0.6) is 0 Å². The second kappa shape index (κ2) is 4.58. The summed E-state index contributed by atoms with van der Waals surface area (Å²) in [6.07, 6.45) is 13.1. The van der Waals surface area contributed by atoms with Crippen molar-refractivity contribution in [2.24, 2.45) is 40.9 Å². The number of hydrogen-bond donors (Lipinski definition) is 0. The monoisotopic (exact) mass is 288 g/mol. The zero-order valence-corrected chi connectivity index (χ0v) is 13.2. The standard InChI is InChI=1S/C19H28O2/c1-19(11-21-16-4-2-3-7-20-16)10-14-9-15(19)18-13-6-5-12(8-13)17(14)18/h5-6,12-18H,2-4,7-11H2,1H3. The van der Waals surface area contributed by atoms with Crippen LogP contribution in [-0.4, -0.2) is 19.5 Å². The van der Waals surface area contributed by atoms with Gasteiger partial charge in [0.25, 0.3) is 0 Å². The molecule has 5 aliphatic rings. The molecule has 8 unspecified atom stereocenters. The highest BCUT2D eigenvalue weighted by Crippen LogP contribution is 2.70. The molecule has 116 valence electrons.